The zero-order valence-electron chi connectivity index (χ0n) is 16.5. The molecule has 28 heavy (non-hydrogen) atoms. The summed E-state index contributed by atoms with van der Waals surface area (Å²) in [5, 5.41) is 10.8. The van der Waals surface area contributed by atoms with E-state index in [4.69, 9.17) is 4.74 Å². The van der Waals surface area contributed by atoms with E-state index < -0.39 is 5.54 Å². The van der Waals surface area contributed by atoms with Crippen LogP contribution in [0, 0.1) is 6.92 Å². The number of fused-ring (bicyclic) bond motifs is 1. The number of aryl methyl sites for hydroxylation is 1. The molecule has 8 heteroatoms. The van der Waals surface area contributed by atoms with Crippen molar-refractivity contribution in [1.29, 1.82) is 0 Å². The molecule has 0 spiro atoms. The van der Waals surface area contributed by atoms with E-state index >= 15 is 0 Å². The van der Waals surface area contributed by atoms with E-state index in [-0.39, 0.29) is 17.9 Å². The van der Waals surface area contributed by atoms with E-state index in [1.54, 1.807) is 19.9 Å². The zero-order chi connectivity index (χ0) is 20.5. The number of methoxy groups -OCH3 is 1. The van der Waals surface area contributed by atoms with Gasteiger partial charge in [0.05, 0.1) is 18.8 Å². The predicted octanol–water partition coefficient (Wildman–Crippen LogP) is 3.58. The predicted molar refractivity (Wildman–Crippen MR) is 110 cm³/mol. The number of nitrogens with zero attached hydrogens (tertiary/aromatic N) is 2. The molecule has 1 amide bonds. The van der Waals surface area contributed by atoms with E-state index in [0.717, 1.165) is 40.8 Å². The SMILES string of the molecule is COC(=O)C(C)(C)NC1CCCn2nc(C(=O)Nc3cccc(Br)c3C)cc21. The molecule has 0 aliphatic carbocycles. The third-order valence-electron chi connectivity index (χ3n) is 5.01. The highest BCUT2D eigenvalue weighted by Gasteiger charge is 2.34. The first-order chi connectivity index (χ1) is 13.2. The van der Waals surface area contributed by atoms with Crippen LogP contribution in [0.1, 0.15) is 54.5 Å². The number of carbonyl (C=O) groups excluding carboxylic acids is 2. The van der Waals surface area contributed by atoms with Gasteiger partial charge in [0.15, 0.2) is 5.69 Å². The molecule has 1 aliphatic heterocycles. The van der Waals surface area contributed by atoms with Gasteiger partial charge in [-0.2, -0.15) is 5.10 Å². The molecule has 2 aromatic rings. The molecular formula is C20H25BrN4O3. The summed E-state index contributed by atoms with van der Waals surface area (Å²) in [7, 11) is 1.38. The van der Waals surface area contributed by atoms with Gasteiger partial charge < -0.3 is 10.1 Å². The van der Waals surface area contributed by atoms with E-state index in [0.29, 0.717) is 5.69 Å². The van der Waals surface area contributed by atoms with Crippen LogP contribution in [0.25, 0.3) is 0 Å². The topological polar surface area (TPSA) is 85.2 Å². The highest BCUT2D eigenvalue weighted by atomic mass is 79.9. The molecule has 0 saturated carbocycles. The molecule has 1 aromatic heterocycles. The summed E-state index contributed by atoms with van der Waals surface area (Å²) in [6.45, 7) is 6.26. The van der Waals surface area contributed by atoms with Crippen molar-refractivity contribution in [1.82, 2.24) is 15.1 Å². The quantitative estimate of drug-likeness (QED) is 0.682. The number of rotatable bonds is 5. The Labute approximate surface area is 173 Å². The first kappa shape index (κ1) is 20.5. The van der Waals surface area contributed by atoms with Crippen LogP contribution in [0.3, 0.4) is 0 Å². The van der Waals surface area contributed by atoms with Crippen molar-refractivity contribution < 1.29 is 14.3 Å². The summed E-state index contributed by atoms with van der Waals surface area (Å²) in [6, 6.07) is 7.38. The molecule has 1 aromatic carbocycles. The number of ether oxygens (including phenoxy) is 1. The minimum Gasteiger partial charge on any atom is -0.468 e. The summed E-state index contributed by atoms with van der Waals surface area (Å²) in [5.74, 6) is -0.582. The standard InChI is InChI=1S/C20H25BrN4O3/c1-12-13(21)7-5-8-14(12)22-18(26)16-11-17-15(9-6-10-25(17)24-16)23-20(2,3)19(27)28-4/h5,7-8,11,15,23H,6,9-10H2,1-4H3,(H,22,26). The lowest BCUT2D eigenvalue weighted by Crippen LogP contribution is -2.50. The lowest BCUT2D eigenvalue weighted by Gasteiger charge is -2.32. The van der Waals surface area contributed by atoms with Crippen LogP contribution in [0.2, 0.25) is 0 Å². The number of nitrogens with one attached hydrogen (secondary N) is 2. The fourth-order valence-corrected chi connectivity index (χ4v) is 3.79. The van der Waals surface area contributed by atoms with Gasteiger partial charge in [-0.05, 0) is 57.4 Å². The number of hydrogen-bond acceptors (Lipinski definition) is 5. The number of amides is 1. The van der Waals surface area contributed by atoms with Gasteiger partial charge in [0.25, 0.3) is 5.91 Å². The zero-order valence-corrected chi connectivity index (χ0v) is 18.1. The number of hydrogen-bond donors (Lipinski definition) is 2. The Bertz CT molecular complexity index is 907. The average molecular weight is 449 g/mol. The smallest absolute Gasteiger partial charge is 0.325 e. The van der Waals surface area contributed by atoms with Gasteiger partial charge in [0.2, 0.25) is 0 Å². The number of halogens is 1. The second kappa shape index (κ2) is 8.05. The molecule has 1 atom stereocenters. The van der Waals surface area contributed by atoms with Gasteiger partial charge in [-0.25, -0.2) is 0 Å². The largest absolute Gasteiger partial charge is 0.468 e. The molecule has 0 bridgehead atoms. The first-order valence-corrected chi connectivity index (χ1v) is 10.0. The van der Waals surface area contributed by atoms with Crippen molar-refractivity contribution in [2.24, 2.45) is 0 Å². The van der Waals surface area contributed by atoms with E-state index in [2.05, 4.69) is 31.7 Å². The molecule has 3 rings (SSSR count). The van der Waals surface area contributed by atoms with Crippen molar-refractivity contribution in [3.05, 3.63) is 45.7 Å². The molecule has 150 valence electrons. The van der Waals surface area contributed by atoms with Crippen LogP contribution in [0.5, 0.6) is 0 Å². The summed E-state index contributed by atoms with van der Waals surface area (Å²) in [6.07, 6.45) is 1.77. The van der Waals surface area contributed by atoms with Crippen molar-refractivity contribution in [3.8, 4) is 0 Å². The van der Waals surface area contributed by atoms with Crippen LogP contribution in [0.15, 0.2) is 28.7 Å². The van der Waals surface area contributed by atoms with Gasteiger partial charge in [-0.3, -0.25) is 19.6 Å². The van der Waals surface area contributed by atoms with Crippen LogP contribution >= 0.6 is 15.9 Å². The number of esters is 1. The summed E-state index contributed by atoms with van der Waals surface area (Å²) in [4.78, 5) is 24.8. The Hall–Kier alpha value is -2.19. The van der Waals surface area contributed by atoms with Crippen molar-refractivity contribution in [3.63, 3.8) is 0 Å². The second-order valence-corrected chi connectivity index (χ2v) is 8.35. The van der Waals surface area contributed by atoms with Crippen molar-refractivity contribution in [2.45, 2.75) is 51.7 Å². The lowest BCUT2D eigenvalue weighted by atomic mass is 9.98. The number of benzene rings is 1. The van der Waals surface area contributed by atoms with Crippen LogP contribution in [-0.4, -0.2) is 34.3 Å². The van der Waals surface area contributed by atoms with Gasteiger partial charge >= 0.3 is 5.97 Å². The molecule has 1 unspecified atom stereocenters. The van der Waals surface area contributed by atoms with E-state index in [1.165, 1.54) is 7.11 Å². The summed E-state index contributed by atoms with van der Waals surface area (Å²) in [5.41, 5.74) is 2.13. The Balaban J connectivity index is 1.81. The van der Waals surface area contributed by atoms with Gasteiger partial charge in [-0.15, -0.1) is 0 Å². The number of aromatic nitrogens is 2. The Kier molecular flexibility index (Phi) is 5.90. The van der Waals surface area contributed by atoms with Crippen molar-refractivity contribution >= 4 is 33.5 Å². The average Bonchev–Trinajstić information content (AvgIpc) is 3.10. The highest BCUT2D eigenvalue weighted by molar-refractivity contribution is 9.10. The number of anilines is 1. The van der Waals surface area contributed by atoms with E-state index in [9.17, 15) is 9.59 Å². The van der Waals surface area contributed by atoms with E-state index in [1.807, 2.05) is 29.8 Å². The maximum absolute atomic E-state index is 12.7. The monoisotopic (exact) mass is 448 g/mol. The molecule has 0 fully saturated rings. The summed E-state index contributed by atoms with van der Waals surface area (Å²) >= 11 is 3.47. The Morgan fingerprint density at radius 1 is 1.36 bits per heavy atom. The Morgan fingerprint density at radius 2 is 2.11 bits per heavy atom. The lowest BCUT2D eigenvalue weighted by molar-refractivity contribution is -0.147. The van der Waals surface area contributed by atoms with Crippen molar-refractivity contribution in [2.75, 3.05) is 12.4 Å². The Morgan fingerprint density at radius 3 is 2.82 bits per heavy atom. The third kappa shape index (κ3) is 4.12. The highest BCUT2D eigenvalue weighted by Crippen LogP contribution is 2.29. The minimum atomic E-state index is -0.832. The molecule has 1 aliphatic rings. The fourth-order valence-electron chi connectivity index (χ4n) is 3.42. The van der Waals surface area contributed by atoms with Gasteiger partial charge in [-0.1, -0.05) is 22.0 Å². The molecular weight excluding hydrogens is 424 g/mol. The van der Waals surface area contributed by atoms with Gasteiger partial charge in [0, 0.05) is 16.7 Å². The molecule has 7 nitrogen and oxygen atoms in total. The molecule has 0 radical (unpaired) electrons. The first-order valence-electron chi connectivity index (χ1n) is 9.23. The third-order valence-corrected chi connectivity index (χ3v) is 5.87. The molecule has 2 heterocycles. The van der Waals surface area contributed by atoms with Crippen LogP contribution in [0.4, 0.5) is 5.69 Å². The van der Waals surface area contributed by atoms with Crippen LogP contribution in [-0.2, 0) is 16.1 Å². The minimum absolute atomic E-state index is 0.0792. The molecule has 0 saturated heterocycles. The van der Waals surface area contributed by atoms with Crippen LogP contribution < -0.4 is 10.6 Å². The number of carbonyl (C=O) groups is 2. The summed E-state index contributed by atoms with van der Waals surface area (Å²) < 4.78 is 7.66. The van der Waals surface area contributed by atoms with Gasteiger partial charge in [0.1, 0.15) is 5.54 Å². The normalized spacial score (nSPS) is 16.4. The molecule has 2 N–H and O–H groups in total. The second-order valence-electron chi connectivity index (χ2n) is 7.50. The maximum Gasteiger partial charge on any atom is 0.325 e. The maximum atomic E-state index is 12.7. The fraction of sp³-hybridized carbons (Fsp3) is 0.450.